The van der Waals surface area contributed by atoms with Crippen LogP contribution in [-0.2, 0) is 13.0 Å². The molecule has 0 aliphatic heterocycles. The van der Waals surface area contributed by atoms with Gasteiger partial charge >= 0.3 is 0 Å². The molecule has 29 heavy (non-hydrogen) atoms. The van der Waals surface area contributed by atoms with Gasteiger partial charge in [0.25, 0.3) is 11.8 Å². The highest BCUT2D eigenvalue weighted by Gasteiger charge is 2.05. The van der Waals surface area contributed by atoms with Gasteiger partial charge in [0.2, 0.25) is 0 Å². The molecule has 0 fully saturated rings. The quantitative estimate of drug-likeness (QED) is 0.404. The number of nitrogens with zero attached hydrogens (tertiary/aromatic N) is 1. The predicted molar refractivity (Wildman–Crippen MR) is 116 cm³/mol. The first-order valence-electron chi connectivity index (χ1n) is 9.71. The van der Waals surface area contributed by atoms with E-state index < -0.39 is 0 Å². The second-order valence-electron chi connectivity index (χ2n) is 6.43. The summed E-state index contributed by atoms with van der Waals surface area (Å²) in [5.41, 5.74) is 3.31. The van der Waals surface area contributed by atoms with E-state index in [4.69, 9.17) is 0 Å². The fourth-order valence-electron chi connectivity index (χ4n) is 2.81. The summed E-state index contributed by atoms with van der Waals surface area (Å²) in [5, 5.41) is 11.8. The molecule has 0 aliphatic rings. The van der Waals surface area contributed by atoms with Crippen LogP contribution in [0.1, 0.15) is 38.8 Å². The van der Waals surface area contributed by atoms with E-state index in [-0.39, 0.29) is 11.8 Å². The summed E-state index contributed by atoms with van der Waals surface area (Å²) in [4.78, 5) is 28.1. The van der Waals surface area contributed by atoms with Crippen molar-refractivity contribution >= 4 is 17.8 Å². The van der Waals surface area contributed by atoms with Crippen LogP contribution in [0.2, 0.25) is 0 Å². The third-order valence-electron chi connectivity index (χ3n) is 4.30. The minimum atomic E-state index is -0.111. The lowest BCUT2D eigenvalue weighted by molar-refractivity contribution is 0.0955. The van der Waals surface area contributed by atoms with Crippen molar-refractivity contribution in [3.8, 4) is 0 Å². The zero-order valence-electron chi connectivity index (χ0n) is 17.2. The molecule has 7 nitrogen and oxygen atoms in total. The zero-order chi connectivity index (χ0) is 21.1. The SMILES string of the molecule is CCNC(=NCc1cccc(C(=O)NC)c1)NCCc1cccc(C(=O)NC)c1. The van der Waals surface area contributed by atoms with Crippen LogP contribution in [0.5, 0.6) is 0 Å². The Morgan fingerprint density at radius 1 is 0.862 bits per heavy atom. The standard InChI is InChI=1S/C22H29N5O2/c1-4-25-22(27-15-17-8-6-10-19(14-17)21(29)24-3)26-12-11-16-7-5-9-18(13-16)20(28)23-2/h5-10,13-14H,4,11-12,15H2,1-3H3,(H,23,28)(H,24,29)(H2,25,26,27). The Balaban J connectivity index is 1.96. The molecule has 7 heteroatoms. The summed E-state index contributed by atoms with van der Waals surface area (Å²) in [6, 6.07) is 15.0. The normalized spacial score (nSPS) is 10.9. The molecular weight excluding hydrogens is 366 g/mol. The van der Waals surface area contributed by atoms with Crippen LogP contribution < -0.4 is 21.3 Å². The molecule has 154 valence electrons. The van der Waals surface area contributed by atoms with Crippen LogP contribution >= 0.6 is 0 Å². The number of hydrogen-bond donors (Lipinski definition) is 4. The summed E-state index contributed by atoms with van der Waals surface area (Å²) in [5.74, 6) is 0.508. The zero-order valence-corrected chi connectivity index (χ0v) is 17.2. The van der Waals surface area contributed by atoms with Crippen LogP contribution in [0.25, 0.3) is 0 Å². The van der Waals surface area contributed by atoms with Crippen LogP contribution in [0.4, 0.5) is 0 Å². The smallest absolute Gasteiger partial charge is 0.251 e. The van der Waals surface area contributed by atoms with Gasteiger partial charge in [0.05, 0.1) is 6.54 Å². The summed E-state index contributed by atoms with van der Waals surface area (Å²) >= 11 is 0. The predicted octanol–water partition coefficient (Wildman–Crippen LogP) is 1.70. The lowest BCUT2D eigenvalue weighted by atomic mass is 10.1. The highest BCUT2D eigenvalue weighted by Crippen LogP contribution is 2.07. The van der Waals surface area contributed by atoms with Gasteiger partial charge in [-0.25, -0.2) is 4.99 Å². The number of amides is 2. The molecule has 0 heterocycles. The number of benzene rings is 2. The maximum absolute atomic E-state index is 11.8. The second-order valence-corrected chi connectivity index (χ2v) is 6.43. The maximum atomic E-state index is 11.8. The van der Waals surface area contributed by atoms with Crippen molar-refractivity contribution in [3.05, 3.63) is 70.8 Å². The molecule has 0 aromatic heterocycles. The number of carbonyl (C=O) groups is 2. The molecule has 0 unspecified atom stereocenters. The Morgan fingerprint density at radius 3 is 2.03 bits per heavy atom. The van der Waals surface area contributed by atoms with Crippen molar-refractivity contribution < 1.29 is 9.59 Å². The third kappa shape index (κ3) is 6.95. The molecule has 2 aromatic rings. The number of carbonyl (C=O) groups excluding carboxylic acids is 2. The highest BCUT2D eigenvalue weighted by atomic mass is 16.2. The Hall–Kier alpha value is -3.35. The number of hydrogen-bond acceptors (Lipinski definition) is 3. The van der Waals surface area contributed by atoms with Crippen molar-refractivity contribution in [2.24, 2.45) is 4.99 Å². The molecule has 0 atom stereocenters. The van der Waals surface area contributed by atoms with E-state index in [0.29, 0.717) is 30.2 Å². The highest BCUT2D eigenvalue weighted by molar-refractivity contribution is 5.94. The van der Waals surface area contributed by atoms with Gasteiger partial charge in [-0.2, -0.15) is 0 Å². The first-order chi connectivity index (χ1) is 14.1. The van der Waals surface area contributed by atoms with Crippen LogP contribution in [0, 0.1) is 0 Å². The molecule has 2 rings (SSSR count). The van der Waals surface area contributed by atoms with E-state index in [1.165, 1.54) is 0 Å². The van der Waals surface area contributed by atoms with E-state index >= 15 is 0 Å². The number of guanidine groups is 1. The fraction of sp³-hybridized carbons (Fsp3) is 0.318. The average molecular weight is 396 g/mol. The summed E-state index contributed by atoms with van der Waals surface area (Å²) in [7, 11) is 3.24. The number of rotatable bonds is 8. The minimum Gasteiger partial charge on any atom is -0.357 e. The van der Waals surface area contributed by atoms with Gasteiger partial charge < -0.3 is 21.3 Å². The lowest BCUT2D eigenvalue weighted by Crippen LogP contribution is -2.38. The van der Waals surface area contributed by atoms with Crippen molar-refractivity contribution in [1.29, 1.82) is 0 Å². The van der Waals surface area contributed by atoms with E-state index in [9.17, 15) is 9.59 Å². The Labute approximate surface area is 172 Å². The maximum Gasteiger partial charge on any atom is 0.251 e. The van der Waals surface area contributed by atoms with Gasteiger partial charge in [0.15, 0.2) is 5.96 Å². The minimum absolute atomic E-state index is 0.0892. The average Bonchev–Trinajstić information content (AvgIpc) is 2.76. The number of aliphatic imine (C=N–C) groups is 1. The molecule has 2 aromatic carbocycles. The largest absolute Gasteiger partial charge is 0.357 e. The molecule has 0 aliphatic carbocycles. The Kier molecular flexibility index (Phi) is 8.69. The van der Waals surface area contributed by atoms with E-state index in [1.54, 1.807) is 26.2 Å². The van der Waals surface area contributed by atoms with E-state index in [1.807, 2.05) is 43.3 Å². The van der Waals surface area contributed by atoms with Gasteiger partial charge in [-0.1, -0.05) is 24.3 Å². The monoisotopic (exact) mass is 395 g/mol. The molecule has 0 spiro atoms. The van der Waals surface area contributed by atoms with E-state index in [0.717, 1.165) is 24.1 Å². The second kappa shape index (κ2) is 11.5. The first kappa shape index (κ1) is 21.9. The molecule has 0 bridgehead atoms. The Bertz CT molecular complexity index is 864. The third-order valence-corrected chi connectivity index (χ3v) is 4.30. The van der Waals surface area contributed by atoms with Gasteiger partial charge in [-0.3, -0.25) is 9.59 Å². The van der Waals surface area contributed by atoms with Gasteiger partial charge in [0.1, 0.15) is 0 Å². The van der Waals surface area contributed by atoms with Crippen molar-refractivity contribution in [1.82, 2.24) is 21.3 Å². The van der Waals surface area contributed by atoms with Crippen molar-refractivity contribution in [2.45, 2.75) is 19.9 Å². The van der Waals surface area contributed by atoms with E-state index in [2.05, 4.69) is 26.3 Å². The molecule has 0 saturated carbocycles. The summed E-state index contributed by atoms with van der Waals surface area (Å²) in [6.45, 7) is 3.90. The summed E-state index contributed by atoms with van der Waals surface area (Å²) in [6.07, 6.45) is 0.765. The molecule has 4 N–H and O–H groups in total. The summed E-state index contributed by atoms with van der Waals surface area (Å²) < 4.78 is 0. The van der Waals surface area contributed by atoms with Crippen LogP contribution in [-0.4, -0.2) is 45.0 Å². The first-order valence-corrected chi connectivity index (χ1v) is 9.71. The molecule has 2 amide bonds. The molecule has 0 saturated heterocycles. The van der Waals surface area contributed by atoms with Crippen molar-refractivity contribution in [2.75, 3.05) is 27.2 Å². The molecular formula is C22H29N5O2. The fourth-order valence-corrected chi connectivity index (χ4v) is 2.81. The topological polar surface area (TPSA) is 94.6 Å². The van der Waals surface area contributed by atoms with Gasteiger partial charge in [-0.15, -0.1) is 0 Å². The van der Waals surface area contributed by atoms with Crippen molar-refractivity contribution in [3.63, 3.8) is 0 Å². The lowest BCUT2D eigenvalue weighted by Gasteiger charge is -2.12. The van der Waals surface area contributed by atoms with Crippen LogP contribution in [0.3, 0.4) is 0 Å². The Morgan fingerprint density at radius 2 is 1.45 bits per heavy atom. The van der Waals surface area contributed by atoms with Gasteiger partial charge in [-0.05, 0) is 48.7 Å². The molecule has 0 radical (unpaired) electrons. The number of nitrogens with one attached hydrogen (secondary N) is 4. The van der Waals surface area contributed by atoms with Crippen LogP contribution in [0.15, 0.2) is 53.5 Å². The van der Waals surface area contributed by atoms with Gasteiger partial charge in [0, 0.05) is 38.3 Å².